The van der Waals surface area contributed by atoms with Crippen LogP contribution in [0.15, 0.2) is 77.7 Å². The molecule has 0 spiro atoms. The molecule has 3 aromatic carbocycles. The monoisotopic (exact) mass is 404 g/mol. The third-order valence-electron chi connectivity index (χ3n) is 4.40. The second kappa shape index (κ2) is 9.43. The van der Waals surface area contributed by atoms with Gasteiger partial charge < -0.3 is 10.6 Å². The van der Waals surface area contributed by atoms with Crippen molar-refractivity contribution in [3.63, 3.8) is 0 Å². The lowest BCUT2D eigenvalue weighted by Gasteiger charge is -2.15. The smallest absolute Gasteiger partial charge is 0.256 e. The Morgan fingerprint density at radius 1 is 0.759 bits per heavy atom. The van der Waals surface area contributed by atoms with E-state index in [1.165, 1.54) is 0 Å². The minimum absolute atomic E-state index is 0.0263. The summed E-state index contributed by atoms with van der Waals surface area (Å²) < 4.78 is 0. The molecule has 0 aliphatic heterocycles. The summed E-state index contributed by atoms with van der Waals surface area (Å²) in [5.41, 5.74) is 3.25. The van der Waals surface area contributed by atoms with Crippen LogP contribution < -0.4 is 10.6 Å². The van der Waals surface area contributed by atoms with Crippen molar-refractivity contribution in [1.29, 1.82) is 0 Å². The van der Waals surface area contributed by atoms with Crippen LogP contribution in [0.1, 0.15) is 34.6 Å². The normalized spacial score (nSPS) is 10.6. The lowest BCUT2D eigenvalue weighted by atomic mass is 9.94. The Bertz CT molecular complexity index is 1010. The van der Waals surface area contributed by atoms with Crippen molar-refractivity contribution in [3.8, 4) is 11.1 Å². The lowest BCUT2D eigenvalue weighted by Crippen LogP contribution is -2.30. The van der Waals surface area contributed by atoms with Gasteiger partial charge in [-0.15, -0.1) is 11.8 Å². The van der Waals surface area contributed by atoms with Crippen LogP contribution in [0.3, 0.4) is 0 Å². The summed E-state index contributed by atoms with van der Waals surface area (Å²) >= 11 is 1.65. The van der Waals surface area contributed by atoms with Crippen molar-refractivity contribution in [2.75, 3.05) is 11.6 Å². The second-order valence-electron chi connectivity index (χ2n) is 6.90. The van der Waals surface area contributed by atoms with Crippen molar-refractivity contribution in [3.05, 3.63) is 83.9 Å². The molecule has 4 nitrogen and oxygen atoms in total. The van der Waals surface area contributed by atoms with Crippen molar-refractivity contribution in [2.45, 2.75) is 24.8 Å². The first-order chi connectivity index (χ1) is 14.0. The van der Waals surface area contributed by atoms with Gasteiger partial charge in [0.2, 0.25) is 0 Å². The molecule has 0 radical (unpaired) electrons. The molecule has 0 aliphatic rings. The zero-order valence-corrected chi connectivity index (χ0v) is 17.5. The van der Waals surface area contributed by atoms with E-state index >= 15 is 0 Å². The maximum atomic E-state index is 13.0. The highest BCUT2D eigenvalue weighted by Crippen LogP contribution is 2.28. The highest BCUT2D eigenvalue weighted by Gasteiger charge is 2.18. The molecule has 3 rings (SSSR count). The van der Waals surface area contributed by atoms with Gasteiger partial charge in [-0.3, -0.25) is 9.59 Å². The van der Waals surface area contributed by atoms with Crippen LogP contribution in [0.5, 0.6) is 0 Å². The van der Waals surface area contributed by atoms with Gasteiger partial charge in [-0.2, -0.15) is 0 Å². The Morgan fingerprint density at radius 3 is 1.79 bits per heavy atom. The molecule has 0 bridgehead atoms. The van der Waals surface area contributed by atoms with E-state index in [0.29, 0.717) is 11.1 Å². The molecule has 29 heavy (non-hydrogen) atoms. The van der Waals surface area contributed by atoms with E-state index in [4.69, 9.17) is 0 Å². The zero-order chi connectivity index (χ0) is 20.8. The number of anilines is 1. The molecular formula is C24H24N2O2S. The standard InChI is InChI=1S/C24H24N2O2S/c1-16(2)25-23(27)21-10-6-4-8-19(21)20-9-5-7-11-22(20)24(28)26-17-12-14-18(29-3)15-13-17/h4-16H,1-3H3,(H,25,27)(H,26,28). The van der Waals surface area contributed by atoms with Gasteiger partial charge in [-0.25, -0.2) is 0 Å². The summed E-state index contributed by atoms with van der Waals surface area (Å²) in [5.74, 6) is -0.366. The van der Waals surface area contributed by atoms with Gasteiger partial charge >= 0.3 is 0 Å². The first-order valence-electron chi connectivity index (χ1n) is 9.44. The molecule has 0 fully saturated rings. The van der Waals surface area contributed by atoms with Crippen LogP contribution in [-0.2, 0) is 0 Å². The van der Waals surface area contributed by atoms with E-state index in [2.05, 4.69) is 10.6 Å². The van der Waals surface area contributed by atoms with E-state index in [9.17, 15) is 9.59 Å². The van der Waals surface area contributed by atoms with E-state index in [0.717, 1.165) is 21.7 Å². The fraction of sp³-hybridized carbons (Fsp3) is 0.167. The number of thioether (sulfide) groups is 1. The van der Waals surface area contributed by atoms with Crippen LogP contribution in [0, 0.1) is 0 Å². The van der Waals surface area contributed by atoms with Crippen LogP contribution in [-0.4, -0.2) is 24.1 Å². The van der Waals surface area contributed by atoms with Crippen molar-refractivity contribution in [2.24, 2.45) is 0 Å². The molecule has 0 aromatic heterocycles. The summed E-state index contributed by atoms with van der Waals surface area (Å²) in [6.07, 6.45) is 2.01. The number of benzene rings is 3. The number of hydrogen-bond acceptors (Lipinski definition) is 3. The number of nitrogens with one attached hydrogen (secondary N) is 2. The summed E-state index contributed by atoms with van der Waals surface area (Å²) in [7, 11) is 0. The zero-order valence-electron chi connectivity index (χ0n) is 16.7. The van der Waals surface area contributed by atoms with Gasteiger partial charge in [-0.05, 0) is 67.6 Å². The number of hydrogen-bond donors (Lipinski definition) is 2. The van der Waals surface area contributed by atoms with Crippen LogP contribution in [0.2, 0.25) is 0 Å². The van der Waals surface area contributed by atoms with Crippen LogP contribution in [0.25, 0.3) is 11.1 Å². The maximum absolute atomic E-state index is 13.0. The molecule has 0 aliphatic carbocycles. The number of amides is 2. The predicted octanol–water partition coefficient (Wildman–Crippen LogP) is 5.47. The Hall–Kier alpha value is -3.05. The molecule has 2 amide bonds. The van der Waals surface area contributed by atoms with E-state index < -0.39 is 0 Å². The molecule has 0 saturated heterocycles. The highest BCUT2D eigenvalue weighted by molar-refractivity contribution is 7.98. The van der Waals surface area contributed by atoms with Gasteiger partial charge in [0.25, 0.3) is 11.8 Å². The molecule has 2 N–H and O–H groups in total. The van der Waals surface area contributed by atoms with Gasteiger partial charge in [0.05, 0.1) is 0 Å². The Morgan fingerprint density at radius 2 is 1.28 bits per heavy atom. The lowest BCUT2D eigenvalue weighted by molar-refractivity contribution is 0.0942. The van der Waals surface area contributed by atoms with E-state index in [1.807, 2.05) is 80.8 Å². The highest BCUT2D eigenvalue weighted by atomic mass is 32.2. The number of carbonyl (C=O) groups excluding carboxylic acids is 2. The number of carbonyl (C=O) groups is 2. The molecule has 0 atom stereocenters. The Kier molecular flexibility index (Phi) is 6.73. The van der Waals surface area contributed by atoms with Crippen molar-refractivity contribution in [1.82, 2.24) is 5.32 Å². The van der Waals surface area contributed by atoms with Crippen LogP contribution in [0.4, 0.5) is 5.69 Å². The van der Waals surface area contributed by atoms with Gasteiger partial charge in [0.1, 0.15) is 0 Å². The largest absolute Gasteiger partial charge is 0.350 e. The summed E-state index contributed by atoms with van der Waals surface area (Å²) in [6, 6.07) is 22.4. The maximum Gasteiger partial charge on any atom is 0.256 e. The molecule has 3 aromatic rings. The molecule has 0 unspecified atom stereocenters. The fourth-order valence-corrected chi connectivity index (χ4v) is 3.45. The minimum Gasteiger partial charge on any atom is -0.350 e. The molecule has 0 heterocycles. The Balaban J connectivity index is 1.95. The minimum atomic E-state index is -0.212. The summed E-state index contributed by atoms with van der Waals surface area (Å²) in [4.78, 5) is 26.8. The average Bonchev–Trinajstić information content (AvgIpc) is 2.74. The second-order valence-corrected chi connectivity index (χ2v) is 7.78. The SMILES string of the molecule is CSc1ccc(NC(=O)c2ccccc2-c2ccccc2C(=O)NC(C)C)cc1. The van der Waals surface area contributed by atoms with Gasteiger partial charge in [-0.1, -0.05) is 36.4 Å². The quantitative estimate of drug-likeness (QED) is 0.536. The molecule has 0 saturated carbocycles. The number of rotatable bonds is 6. The first kappa shape index (κ1) is 20.7. The summed E-state index contributed by atoms with van der Waals surface area (Å²) in [5, 5.41) is 5.88. The average molecular weight is 405 g/mol. The van der Waals surface area contributed by atoms with Gasteiger partial charge in [0.15, 0.2) is 0 Å². The topological polar surface area (TPSA) is 58.2 Å². The van der Waals surface area contributed by atoms with E-state index in [1.54, 1.807) is 23.9 Å². The Labute approximate surface area is 175 Å². The molecule has 148 valence electrons. The fourth-order valence-electron chi connectivity index (χ4n) is 3.04. The van der Waals surface area contributed by atoms with Crippen molar-refractivity contribution < 1.29 is 9.59 Å². The molecule has 5 heteroatoms. The summed E-state index contributed by atoms with van der Waals surface area (Å²) in [6.45, 7) is 3.84. The third-order valence-corrected chi connectivity index (χ3v) is 5.14. The molecular weight excluding hydrogens is 380 g/mol. The van der Waals surface area contributed by atoms with Crippen molar-refractivity contribution >= 4 is 29.3 Å². The predicted molar refractivity (Wildman–Crippen MR) is 121 cm³/mol. The van der Waals surface area contributed by atoms with E-state index in [-0.39, 0.29) is 17.9 Å². The first-order valence-corrected chi connectivity index (χ1v) is 10.7. The van der Waals surface area contributed by atoms with Crippen LogP contribution >= 0.6 is 11.8 Å². The van der Waals surface area contributed by atoms with Gasteiger partial charge in [0, 0.05) is 27.8 Å². The third kappa shape index (κ3) is 5.06.